The van der Waals surface area contributed by atoms with Gasteiger partial charge < -0.3 is 9.73 Å². The first kappa shape index (κ1) is 18.7. The van der Waals surface area contributed by atoms with E-state index in [0.29, 0.717) is 21.7 Å². The molecule has 0 aliphatic carbocycles. The summed E-state index contributed by atoms with van der Waals surface area (Å²) in [6.07, 6.45) is 0. The number of nitrogens with zero attached hydrogens (tertiary/aromatic N) is 1. The molecule has 3 aromatic rings. The molecule has 1 unspecified atom stereocenters. The molecule has 2 aromatic carbocycles. The summed E-state index contributed by atoms with van der Waals surface area (Å²) in [5.74, 6) is -1.15. The fourth-order valence-electron chi connectivity index (χ4n) is 3.75. The Kier molecular flexibility index (Phi) is 4.19. The van der Waals surface area contributed by atoms with E-state index in [2.05, 4.69) is 10.7 Å². The van der Waals surface area contributed by atoms with E-state index in [0.717, 1.165) is 16.5 Å². The highest BCUT2D eigenvalue weighted by Gasteiger charge is 2.50. The lowest BCUT2D eigenvalue weighted by atomic mass is 9.92. The minimum Gasteiger partial charge on any atom is -0.450 e. The van der Waals surface area contributed by atoms with Crippen LogP contribution in [0.4, 0.5) is 4.79 Å². The van der Waals surface area contributed by atoms with Crippen molar-refractivity contribution in [1.82, 2.24) is 15.8 Å². The average molecular weight is 391 g/mol. The van der Waals surface area contributed by atoms with E-state index in [9.17, 15) is 14.4 Å². The number of fused-ring (bicyclic) bond motifs is 1. The van der Waals surface area contributed by atoms with E-state index < -0.39 is 23.4 Å². The van der Waals surface area contributed by atoms with Crippen molar-refractivity contribution in [3.05, 3.63) is 70.5 Å². The van der Waals surface area contributed by atoms with E-state index in [1.54, 1.807) is 38.1 Å². The van der Waals surface area contributed by atoms with Crippen molar-refractivity contribution in [3.8, 4) is 0 Å². The summed E-state index contributed by atoms with van der Waals surface area (Å²) in [4.78, 5) is 38.3. The molecule has 1 saturated heterocycles. The summed E-state index contributed by atoms with van der Waals surface area (Å²) in [6.45, 7) is 7.23. The van der Waals surface area contributed by atoms with Crippen molar-refractivity contribution in [2.45, 2.75) is 33.2 Å². The van der Waals surface area contributed by atoms with Crippen LogP contribution in [0.5, 0.6) is 0 Å². The summed E-state index contributed by atoms with van der Waals surface area (Å²) >= 11 is 0. The fourth-order valence-corrected chi connectivity index (χ4v) is 3.75. The van der Waals surface area contributed by atoms with Crippen LogP contribution in [0.15, 0.2) is 46.9 Å². The number of furan rings is 1. The third kappa shape index (κ3) is 2.77. The van der Waals surface area contributed by atoms with Gasteiger partial charge in [0.1, 0.15) is 11.1 Å². The Balaban J connectivity index is 1.66. The molecule has 1 atom stereocenters. The number of rotatable bonds is 3. The summed E-state index contributed by atoms with van der Waals surface area (Å²) in [5.41, 5.74) is 4.94. The van der Waals surface area contributed by atoms with Gasteiger partial charge in [0, 0.05) is 10.9 Å². The van der Waals surface area contributed by atoms with Gasteiger partial charge in [-0.3, -0.25) is 9.59 Å². The second kappa shape index (κ2) is 6.48. The Hall–Kier alpha value is -3.61. The second-order valence-corrected chi connectivity index (χ2v) is 7.46. The molecule has 4 rings (SSSR count). The molecule has 7 nitrogen and oxygen atoms in total. The van der Waals surface area contributed by atoms with Gasteiger partial charge in [0.05, 0.1) is 0 Å². The summed E-state index contributed by atoms with van der Waals surface area (Å²) < 4.78 is 5.81. The molecule has 148 valence electrons. The lowest BCUT2D eigenvalue weighted by Gasteiger charge is -2.21. The quantitative estimate of drug-likeness (QED) is 0.669. The van der Waals surface area contributed by atoms with Crippen molar-refractivity contribution in [2.75, 3.05) is 0 Å². The third-order valence-electron chi connectivity index (χ3n) is 5.44. The average Bonchev–Trinajstić information content (AvgIpc) is 3.17. The topological polar surface area (TPSA) is 91.7 Å². The van der Waals surface area contributed by atoms with E-state index in [1.807, 2.05) is 32.0 Å². The first-order valence-corrected chi connectivity index (χ1v) is 9.26. The number of benzene rings is 2. The van der Waals surface area contributed by atoms with E-state index >= 15 is 0 Å². The molecule has 1 aromatic heterocycles. The number of aryl methyl sites for hydroxylation is 3. The van der Waals surface area contributed by atoms with E-state index in [1.165, 1.54) is 0 Å². The highest BCUT2D eigenvalue weighted by atomic mass is 16.3. The van der Waals surface area contributed by atoms with Crippen LogP contribution in [0.1, 0.15) is 39.7 Å². The van der Waals surface area contributed by atoms with Gasteiger partial charge in [0.15, 0.2) is 5.76 Å². The van der Waals surface area contributed by atoms with Crippen molar-refractivity contribution in [2.24, 2.45) is 0 Å². The monoisotopic (exact) mass is 391 g/mol. The Morgan fingerprint density at radius 2 is 1.69 bits per heavy atom. The van der Waals surface area contributed by atoms with Crippen LogP contribution in [0.25, 0.3) is 11.0 Å². The lowest BCUT2D eigenvalue weighted by Crippen LogP contribution is -2.48. The molecule has 0 saturated carbocycles. The van der Waals surface area contributed by atoms with Crippen LogP contribution in [-0.2, 0) is 10.3 Å². The Morgan fingerprint density at radius 1 is 1.03 bits per heavy atom. The number of amides is 4. The van der Waals surface area contributed by atoms with Crippen LogP contribution < -0.4 is 10.7 Å². The highest BCUT2D eigenvalue weighted by Crippen LogP contribution is 2.31. The zero-order chi connectivity index (χ0) is 20.9. The number of hydrazine groups is 1. The second-order valence-electron chi connectivity index (χ2n) is 7.46. The summed E-state index contributed by atoms with van der Waals surface area (Å²) in [5, 5.41) is 4.23. The molecule has 2 N–H and O–H groups in total. The van der Waals surface area contributed by atoms with Crippen LogP contribution in [0.2, 0.25) is 0 Å². The third-order valence-corrected chi connectivity index (χ3v) is 5.44. The number of hydrogen-bond acceptors (Lipinski definition) is 4. The molecule has 2 heterocycles. The predicted molar refractivity (Wildman–Crippen MR) is 107 cm³/mol. The minimum atomic E-state index is -1.26. The molecule has 0 radical (unpaired) electrons. The maximum absolute atomic E-state index is 13.0. The molecule has 1 aliphatic rings. The van der Waals surface area contributed by atoms with Crippen molar-refractivity contribution >= 4 is 28.8 Å². The normalized spacial score (nSPS) is 19.0. The molecule has 0 spiro atoms. The molecule has 0 bridgehead atoms. The van der Waals surface area contributed by atoms with Crippen LogP contribution in [0, 0.1) is 20.8 Å². The van der Waals surface area contributed by atoms with Crippen LogP contribution >= 0.6 is 0 Å². The number of imide groups is 1. The van der Waals surface area contributed by atoms with Gasteiger partial charge >= 0.3 is 11.9 Å². The molecule has 7 heteroatoms. The molecule has 1 fully saturated rings. The van der Waals surface area contributed by atoms with Gasteiger partial charge in [0.25, 0.3) is 5.91 Å². The SMILES string of the molecule is Cc1ccc(C)c2c(C)c(C(=O)NN3C(=O)NC(C)(c4ccccc4)C3=O)oc12. The molecule has 29 heavy (non-hydrogen) atoms. The molecular weight excluding hydrogens is 370 g/mol. The zero-order valence-electron chi connectivity index (χ0n) is 16.6. The number of carbonyl (C=O) groups excluding carboxylic acids is 3. The summed E-state index contributed by atoms with van der Waals surface area (Å²) in [7, 11) is 0. The Morgan fingerprint density at radius 3 is 2.34 bits per heavy atom. The zero-order valence-corrected chi connectivity index (χ0v) is 16.6. The predicted octanol–water partition coefficient (Wildman–Crippen LogP) is 3.47. The Bertz CT molecular complexity index is 1170. The van der Waals surface area contributed by atoms with Gasteiger partial charge in [0.2, 0.25) is 0 Å². The van der Waals surface area contributed by atoms with Crippen molar-refractivity contribution < 1.29 is 18.8 Å². The number of nitrogens with one attached hydrogen (secondary N) is 2. The van der Waals surface area contributed by atoms with E-state index in [4.69, 9.17) is 4.42 Å². The van der Waals surface area contributed by atoms with Gasteiger partial charge in [-0.2, -0.15) is 5.01 Å². The van der Waals surface area contributed by atoms with Gasteiger partial charge in [-0.1, -0.05) is 42.5 Å². The van der Waals surface area contributed by atoms with Gasteiger partial charge in [-0.15, -0.1) is 0 Å². The molecule has 4 amide bonds. The standard InChI is InChI=1S/C22H21N3O4/c1-12-10-11-13(2)17-16(12)14(3)18(29-17)19(26)24-25-20(27)22(4,23-21(25)28)15-8-6-5-7-9-15/h5-11H,1-4H3,(H,23,28)(H,24,26). The van der Waals surface area contributed by atoms with Gasteiger partial charge in [-0.05, 0) is 44.4 Å². The minimum absolute atomic E-state index is 0.0753. The maximum atomic E-state index is 13.0. The molecular formula is C22H21N3O4. The Labute approximate surface area is 167 Å². The van der Waals surface area contributed by atoms with Crippen molar-refractivity contribution in [1.29, 1.82) is 0 Å². The van der Waals surface area contributed by atoms with Crippen LogP contribution in [-0.4, -0.2) is 22.9 Å². The molecule has 1 aliphatic heterocycles. The van der Waals surface area contributed by atoms with Crippen LogP contribution in [0.3, 0.4) is 0 Å². The maximum Gasteiger partial charge on any atom is 0.344 e. The summed E-state index contributed by atoms with van der Waals surface area (Å²) in [6, 6.07) is 12.1. The fraction of sp³-hybridized carbons (Fsp3) is 0.227. The lowest BCUT2D eigenvalue weighted by molar-refractivity contribution is -0.132. The van der Waals surface area contributed by atoms with Gasteiger partial charge in [-0.25, -0.2) is 10.2 Å². The first-order chi connectivity index (χ1) is 13.7. The number of carbonyl (C=O) groups is 3. The number of hydrogen-bond donors (Lipinski definition) is 2. The largest absolute Gasteiger partial charge is 0.450 e. The number of urea groups is 1. The van der Waals surface area contributed by atoms with Crippen molar-refractivity contribution in [3.63, 3.8) is 0 Å². The van der Waals surface area contributed by atoms with E-state index in [-0.39, 0.29) is 5.76 Å². The highest BCUT2D eigenvalue weighted by molar-refractivity contribution is 6.10. The first-order valence-electron chi connectivity index (χ1n) is 9.26. The smallest absolute Gasteiger partial charge is 0.344 e.